The first kappa shape index (κ1) is 34.8. The Labute approximate surface area is 295 Å². The minimum Gasteiger partial charge on any atom is -0.499 e. The van der Waals surface area contributed by atoms with Crippen molar-refractivity contribution < 1.29 is 48.4 Å². The van der Waals surface area contributed by atoms with E-state index in [9.17, 15) is 14.4 Å². The SMILES string of the molecule is O=C(CCNC(=O)[C@@]12C[C@H]3OC(=O)[C@@H]1N(Cc1ccccc1C=COCCO)O[C@@H]2[C@H]1OC(c2ccccc2)(c2ccccc2)O[C@H]13)NCCO. The summed E-state index contributed by atoms with van der Waals surface area (Å²) < 4.78 is 25.4. The van der Waals surface area contributed by atoms with Gasteiger partial charge in [-0.3, -0.25) is 19.2 Å². The van der Waals surface area contributed by atoms with Crippen LogP contribution in [0, 0.1) is 5.41 Å². The standard InChI is InChI=1S/C38H41N3O10/c42-19-18-39-30(44)15-17-40-36(46)37-23-29-31-32(50-38(49-31,27-11-3-1-4-12-27)28-13-5-2-6-14-28)34(37)51-41(33(37)35(45)48-29)24-26-10-8-7-9-25(26)16-21-47-22-20-43/h1-14,16,21,29,31-34,42-43H,15,17-20,22-24H2,(H,39,44)(H,40,46)/t29-,31+,32+,33+,34-,37+/m1/s1. The molecule has 13 nitrogen and oxygen atoms in total. The molecule has 6 atom stereocenters. The Hall–Kier alpha value is -4.63. The minimum absolute atomic E-state index is 0.00187. The van der Waals surface area contributed by atoms with Crippen molar-refractivity contribution in [2.24, 2.45) is 5.41 Å². The molecule has 3 aromatic rings. The highest BCUT2D eigenvalue weighted by molar-refractivity contribution is 5.94. The molecule has 51 heavy (non-hydrogen) atoms. The highest BCUT2D eigenvalue weighted by atomic mass is 16.8. The van der Waals surface area contributed by atoms with Gasteiger partial charge in [0.05, 0.1) is 26.0 Å². The molecule has 4 fully saturated rings. The molecule has 1 aliphatic carbocycles. The van der Waals surface area contributed by atoms with Gasteiger partial charge in [-0.05, 0) is 17.2 Å². The lowest BCUT2D eigenvalue weighted by Gasteiger charge is -2.48. The van der Waals surface area contributed by atoms with Crippen LogP contribution in [0.15, 0.2) is 91.2 Å². The minimum atomic E-state index is -1.45. The van der Waals surface area contributed by atoms with Gasteiger partial charge in [-0.2, -0.15) is 5.06 Å². The Balaban J connectivity index is 1.26. The molecule has 0 radical (unpaired) electrons. The Morgan fingerprint density at radius 2 is 1.57 bits per heavy atom. The van der Waals surface area contributed by atoms with Crippen LogP contribution in [0.1, 0.15) is 35.1 Å². The van der Waals surface area contributed by atoms with Gasteiger partial charge in [-0.1, -0.05) is 84.9 Å². The van der Waals surface area contributed by atoms with Gasteiger partial charge in [0.15, 0.2) is 6.04 Å². The van der Waals surface area contributed by atoms with Crippen molar-refractivity contribution in [3.8, 4) is 0 Å². The van der Waals surface area contributed by atoms with Gasteiger partial charge in [0, 0.05) is 37.1 Å². The van der Waals surface area contributed by atoms with Gasteiger partial charge < -0.3 is 39.8 Å². The van der Waals surface area contributed by atoms with Gasteiger partial charge in [-0.25, -0.2) is 0 Å². The van der Waals surface area contributed by atoms with E-state index in [4.69, 9.17) is 34.0 Å². The number of rotatable bonds is 14. The number of aliphatic hydroxyl groups is 2. The number of hydrogen-bond donors (Lipinski definition) is 4. The van der Waals surface area contributed by atoms with Crippen LogP contribution in [0.2, 0.25) is 0 Å². The van der Waals surface area contributed by atoms with E-state index in [1.165, 1.54) is 11.3 Å². The molecule has 3 heterocycles. The maximum atomic E-state index is 14.5. The fourth-order valence-electron chi connectivity index (χ4n) is 7.68. The summed E-state index contributed by atoms with van der Waals surface area (Å²) in [7, 11) is 0. The predicted octanol–water partition coefficient (Wildman–Crippen LogP) is 1.77. The lowest BCUT2D eigenvalue weighted by atomic mass is 9.62. The number of carbonyl (C=O) groups is 3. The Bertz CT molecular complexity index is 1700. The summed E-state index contributed by atoms with van der Waals surface area (Å²) in [5, 5.41) is 25.2. The van der Waals surface area contributed by atoms with E-state index in [0.29, 0.717) is 0 Å². The third kappa shape index (κ3) is 6.41. The van der Waals surface area contributed by atoms with E-state index in [-0.39, 0.29) is 58.2 Å². The first-order valence-corrected chi connectivity index (χ1v) is 17.1. The van der Waals surface area contributed by atoms with E-state index in [1.807, 2.05) is 84.9 Å². The molecule has 2 bridgehead atoms. The van der Waals surface area contributed by atoms with Crippen molar-refractivity contribution in [3.05, 3.63) is 113 Å². The molecule has 4 N–H and O–H groups in total. The van der Waals surface area contributed by atoms with Crippen LogP contribution in [0.4, 0.5) is 0 Å². The molecule has 1 saturated carbocycles. The van der Waals surface area contributed by atoms with Crippen molar-refractivity contribution in [1.82, 2.24) is 15.7 Å². The first-order valence-electron chi connectivity index (χ1n) is 17.1. The summed E-state index contributed by atoms with van der Waals surface area (Å²) in [6.07, 6.45) is -0.0831. The Kier molecular flexibility index (Phi) is 10.2. The highest BCUT2D eigenvalue weighted by Gasteiger charge is 2.76. The molecule has 13 heteroatoms. The third-order valence-electron chi connectivity index (χ3n) is 9.89. The smallest absolute Gasteiger partial charge is 0.327 e. The number of fused-ring (bicyclic) bond motifs is 4. The monoisotopic (exact) mass is 699 g/mol. The number of benzene rings is 3. The van der Waals surface area contributed by atoms with Crippen molar-refractivity contribution in [3.63, 3.8) is 0 Å². The maximum Gasteiger partial charge on any atom is 0.327 e. The van der Waals surface area contributed by atoms with Crippen LogP contribution in [-0.2, 0) is 50.5 Å². The van der Waals surface area contributed by atoms with E-state index >= 15 is 0 Å². The lowest BCUT2D eigenvalue weighted by molar-refractivity contribution is -0.213. The lowest BCUT2D eigenvalue weighted by Crippen LogP contribution is -2.69. The molecule has 2 amide bonds. The van der Waals surface area contributed by atoms with Gasteiger partial charge in [0.2, 0.25) is 17.6 Å². The number of aliphatic hydroxyl groups excluding tert-OH is 2. The van der Waals surface area contributed by atoms with Gasteiger partial charge in [-0.15, -0.1) is 0 Å². The quantitative estimate of drug-likeness (QED) is 0.110. The largest absolute Gasteiger partial charge is 0.499 e. The van der Waals surface area contributed by atoms with Crippen molar-refractivity contribution in [2.45, 2.75) is 55.6 Å². The Morgan fingerprint density at radius 1 is 0.882 bits per heavy atom. The molecule has 0 aromatic heterocycles. The van der Waals surface area contributed by atoms with Crippen LogP contribution >= 0.6 is 0 Å². The molecule has 0 unspecified atom stereocenters. The fourth-order valence-corrected chi connectivity index (χ4v) is 7.68. The summed E-state index contributed by atoms with van der Waals surface area (Å²) in [6.45, 7) is 0.0352. The zero-order valence-corrected chi connectivity index (χ0v) is 27.9. The molecule has 268 valence electrons. The molecular weight excluding hydrogens is 658 g/mol. The van der Waals surface area contributed by atoms with Crippen molar-refractivity contribution in [2.75, 3.05) is 32.9 Å². The van der Waals surface area contributed by atoms with Crippen LogP contribution in [0.25, 0.3) is 6.08 Å². The molecule has 3 aromatic carbocycles. The zero-order chi connectivity index (χ0) is 35.4. The number of ether oxygens (including phenoxy) is 4. The zero-order valence-electron chi connectivity index (χ0n) is 27.9. The van der Waals surface area contributed by atoms with E-state index in [0.717, 1.165) is 22.3 Å². The second kappa shape index (κ2) is 14.9. The number of nitrogens with one attached hydrogen (secondary N) is 2. The molecule has 7 rings (SSSR count). The molecule has 3 saturated heterocycles. The molecular formula is C38H41N3O10. The Morgan fingerprint density at radius 3 is 2.27 bits per heavy atom. The summed E-state index contributed by atoms with van der Waals surface area (Å²) >= 11 is 0. The van der Waals surface area contributed by atoms with Gasteiger partial charge in [0.1, 0.15) is 36.4 Å². The fraction of sp³-hybridized carbons (Fsp3) is 0.395. The normalized spacial score (nSPS) is 27.5. The highest BCUT2D eigenvalue weighted by Crippen LogP contribution is 2.59. The number of hydroxylamine groups is 2. The summed E-state index contributed by atoms with van der Waals surface area (Å²) in [6, 6.07) is 25.4. The van der Waals surface area contributed by atoms with E-state index < -0.39 is 53.5 Å². The third-order valence-corrected chi connectivity index (χ3v) is 9.89. The molecule has 4 aliphatic rings. The topological polar surface area (TPSA) is 165 Å². The average Bonchev–Trinajstić information content (AvgIpc) is 3.74. The second-order valence-corrected chi connectivity index (χ2v) is 12.9. The van der Waals surface area contributed by atoms with E-state index in [2.05, 4.69) is 10.6 Å². The van der Waals surface area contributed by atoms with Crippen LogP contribution in [0.3, 0.4) is 0 Å². The number of carbonyl (C=O) groups excluding carboxylic acids is 3. The van der Waals surface area contributed by atoms with Crippen LogP contribution in [-0.4, -0.2) is 96.4 Å². The summed E-state index contributed by atoms with van der Waals surface area (Å²) in [4.78, 5) is 47.7. The van der Waals surface area contributed by atoms with Gasteiger partial charge >= 0.3 is 5.97 Å². The number of esters is 1. The van der Waals surface area contributed by atoms with Crippen molar-refractivity contribution >= 4 is 23.9 Å². The average molecular weight is 700 g/mol. The first-order chi connectivity index (χ1) is 24.9. The number of amides is 2. The second-order valence-electron chi connectivity index (χ2n) is 12.9. The molecule has 0 spiro atoms. The van der Waals surface area contributed by atoms with Crippen LogP contribution in [0.5, 0.6) is 0 Å². The van der Waals surface area contributed by atoms with Gasteiger partial charge in [0.25, 0.3) is 0 Å². The summed E-state index contributed by atoms with van der Waals surface area (Å²) in [5.74, 6) is -2.80. The predicted molar refractivity (Wildman–Crippen MR) is 181 cm³/mol. The van der Waals surface area contributed by atoms with Crippen molar-refractivity contribution in [1.29, 1.82) is 0 Å². The maximum absolute atomic E-state index is 14.5. The summed E-state index contributed by atoms with van der Waals surface area (Å²) in [5.41, 5.74) is 1.58. The van der Waals surface area contributed by atoms with Crippen LogP contribution < -0.4 is 10.6 Å². The molecule has 3 aliphatic heterocycles. The number of nitrogens with zero attached hydrogens (tertiary/aromatic N) is 1. The van der Waals surface area contributed by atoms with E-state index in [1.54, 1.807) is 6.08 Å². The number of hydrogen-bond acceptors (Lipinski definition) is 11.